The van der Waals surface area contributed by atoms with E-state index in [4.69, 9.17) is 21.1 Å². The van der Waals surface area contributed by atoms with Crippen LogP contribution in [-0.4, -0.2) is 19.0 Å². The molecule has 1 heterocycles. The number of carbonyl (C=O) groups excluding carboxylic acids is 2. The second-order valence-corrected chi connectivity index (χ2v) is 9.35. The molecular formula is C28H20BrClN2O4. The number of hydrogen-bond donors (Lipinski definition) is 1. The van der Waals surface area contributed by atoms with Crippen molar-refractivity contribution in [2.45, 2.75) is 6.61 Å². The summed E-state index contributed by atoms with van der Waals surface area (Å²) in [4.78, 5) is 26.5. The van der Waals surface area contributed by atoms with Crippen LogP contribution in [0, 0.1) is 0 Å². The fourth-order valence-corrected chi connectivity index (χ4v) is 4.59. The molecule has 1 N–H and O–H groups in total. The number of ether oxygens (including phenoxy) is 2. The molecule has 0 bridgehead atoms. The van der Waals surface area contributed by atoms with E-state index < -0.39 is 11.9 Å². The predicted molar refractivity (Wildman–Crippen MR) is 144 cm³/mol. The molecule has 1 aliphatic rings. The van der Waals surface area contributed by atoms with Crippen molar-refractivity contribution < 1.29 is 19.1 Å². The Morgan fingerprint density at radius 1 is 0.972 bits per heavy atom. The van der Waals surface area contributed by atoms with Crippen LogP contribution in [-0.2, 0) is 11.4 Å². The lowest BCUT2D eigenvalue weighted by molar-refractivity contribution is -0.113. The fraction of sp³-hybridized carbons (Fsp3) is 0.0714. The van der Waals surface area contributed by atoms with Gasteiger partial charge in [0.15, 0.2) is 11.5 Å². The standard InChI is InChI=1S/C28H20BrClN2O4/c1-35-25-14-19(13-24-27(33)32(28(34)31-24)21-11-9-20(30)10-12-21)23(29)15-26(25)36-16-18-7-4-6-17-5-2-3-8-22(17)18/h2-15H,16H2,1H3,(H,31,34)/b24-13+. The van der Waals surface area contributed by atoms with E-state index in [9.17, 15) is 9.59 Å². The van der Waals surface area contributed by atoms with Crippen LogP contribution in [0.5, 0.6) is 11.5 Å². The number of rotatable bonds is 6. The highest BCUT2D eigenvalue weighted by molar-refractivity contribution is 9.10. The maximum atomic E-state index is 13.0. The van der Waals surface area contributed by atoms with E-state index in [1.807, 2.05) is 24.3 Å². The molecule has 0 atom stereocenters. The molecule has 1 aliphatic heterocycles. The van der Waals surface area contributed by atoms with Gasteiger partial charge >= 0.3 is 6.03 Å². The van der Waals surface area contributed by atoms with Crippen LogP contribution in [0.3, 0.4) is 0 Å². The number of methoxy groups -OCH3 is 1. The summed E-state index contributed by atoms with van der Waals surface area (Å²) in [6, 6.07) is 23.7. The molecule has 0 radical (unpaired) electrons. The summed E-state index contributed by atoms with van der Waals surface area (Å²) in [6.07, 6.45) is 1.59. The van der Waals surface area contributed by atoms with Crippen molar-refractivity contribution in [1.29, 1.82) is 0 Å². The first kappa shape index (κ1) is 23.9. The molecule has 4 aromatic rings. The molecule has 1 saturated heterocycles. The van der Waals surface area contributed by atoms with Gasteiger partial charge in [-0.05, 0) is 64.4 Å². The Hall–Kier alpha value is -3.81. The van der Waals surface area contributed by atoms with E-state index in [1.54, 1.807) is 49.6 Å². The number of hydrogen-bond acceptors (Lipinski definition) is 4. The number of imide groups is 1. The SMILES string of the molecule is COc1cc(/C=C2/NC(=O)N(c3ccc(Cl)cc3)C2=O)c(Br)cc1OCc1cccc2ccccc12. The minimum Gasteiger partial charge on any atom is -0.493 e. The number of carbonyl (C=O) groups is 2. The first-order valence-electron chi connectivity index (χ1n) is 11.0. The van der Waals surface area contributed by atoms with Gasteiger partial charge in [0.2, 0.25) is 0 Å². The number of urea groups is 1. The van der Waals surface area contributed by atoms with Gasteiger partial charge in [-0.3, -0.25) is 4.79 Å². The molecule has 0 saturated carbocycles. The van der Waals surface area contributed by atoms with Gasteiger partial charge in [0, 0.05) is 9.50 Å². The van der Waals surface area contributed by atoms with Gasteiger partial charge in [0.05, 0.1) is 12.8 Å². The topological polar surface area (TPSA) is 67.9 Å². The van der Waals surface area contributed by atoms with Gasteiger partial charge in [-0.1, -0.05) is 70.0 Å². The third-order valence-electron chi connectivity index (χ3n) is 5.81. The Kier molecular flexibility index (Phi) is 6.67. The Bertz CT molecular complexity index is 1510. The summed E-state index contributed by atoms with van der Waals surface area (Å²) < 4.78 is 12.4. The highest BCUT2D eigenvalue weighted by Gasteiger charge is 2.35. The van der Waals surface area contributed by atoms with Crippen LogP contribution in [0.1, 0.15) is 11.1 Å². The lowest BCUT2D eigenvalue weighted by Crippen LogP contribution is -2.30. The van der Waals surface area contributed by atoms with Crippen LogP contribution in [0.25, 0.3) is 16.8 Å². The number of benzene rings is 4. The van der Waals surface area contributed by atoms with Crippen molar-refractivity contribution >= 4 is 62.0 Å². The zero-order chi connectivity index (χ0) is 25.2. The van der Waals surface area contributed by atoms with Crippen molar-refractivity contribution in [3.63, 3.8) is 0 Å². The summed E-state index contributed by atoms with van der Waals surface area (Å²) >= 11 is 9.48. The van der Waals surface area contributed by atoms with E-state index in [0.717, 1.165) is 21.2 Å². The molecule has 180 valence electrons. The zero-order valence-corrected chi connectivity index (χ0v) is 21.5. The van der Waals surface area contributed by atoms with Gasteiger partial charge in [-0.25, -0.2) is 9.69 Å². The smallest absolute Gasteiger partial charge is 0.333 e. The minimum absolute atomic E-state index is 0.141. The average Bonchev–Trinajstić information content (AvgIpc) is 3.16. The molecule has 0 unspecified atom stereocenters. The molecule has 0 aromatic heterocycles. The van der Waals surface area contributed by atoms with E-state index in [0.29, 0.717) is 38.9 Å². The maximum Gasteiger partial charge on any atom is 0.333 e. The number of anilines is 1. The van der Waals surface area contributed by atoms with Gasteiger partial charge in [-0.15, -0.1) is 0 Å². The quantitative estimate of drug-likeness (QED) is 0.204. The van der Waals surface area contributed by atoms with Crippen LogP contribution in [0.2, 0.25) is 5.02 Å². The summed E-state index contributed by atoms with van der Waals surface area (Å²) in [7, 11) is 1.55. The molecule has 3 amide bonds. The van der Waals surface area contributed by atoms with E-state index in [2.05, 4.69) is 39.4 Å². The fourth-order valence-electron chi connectivity index (χ4n) is 4.02. The first-order valence-corrected chi connectivity index (χ1v) is 12.2. The Morgan fingerprint density at radius 3 is 2.50 bits per heavy atom. The summed E-state index contributed by atoms with van der Waals surface area (Å²) in [5, 5.41) is 5.41. The van der Waals surface area contributed by atoms with Crippen molar-refractivity contribution in [1.82, 2.24) is 5.32 Å². The van der Waals surface area contributed by atoms with Crippen LogP contribution < -0.4 is 19.7 Å². The lowest BCUT2D eigenvalue weighted by Gasteiger charge is -2.14. The lowest BCUT2D eigenvalue weighted by atomic mass is 10.1. The maximum absolute atomic E-state index is 13.0. The van der Waals surface area contributed by atoms with Crippen molar-refractivity contribution in [2.24, 2.45) is 0 Å². The summed E-state index contributed by atoms with van der Waals surface area (Å²) in [6.45, 7) is 0.356. The van der Waals surface area contributed by atoms with Gasteiger partial charge < -0.3 is 14.8 Å². The van der Waals surface area contributed by atoms with Crippen LogP contribution in [0.15, 0.2) is 89.0 Å². The first-order chi connectivity index (χ1) is 17.4. The van der Waals surface area contributed by atoms with E-state index in [-0.39, 0.29) is 5.70 Å². The summed E-state index contributed by atoms with van der Waals surface area (Å²) in [5.41, 5.74) is 2.27. The van der Waals surface area contributed by atoms with Crippen molar-refractivity contribution in [3.8, 4) is 11.5 Å². The minimum atomic E-state index is -0.535. The van der Waals surface area contributed by atoms with Crippen molar-refractivity contribution in [2.75, 3.05) is 12.0 Å². The molecule has 5 rings (SSSR count). The highest BCUT2D eigenvalue weighted by atomic mass is 79.9. The normalized spacial score (nSPS) is 14.4. The number of fused-ring (bicyclic) bond motifs is 1. The van der Waals surface area contributed by atoms with E-state index in [1.165, 1.54) is 0 Å². The molecule has 6 nitrogen and oxygen atoms in total. The predicted octanol–water partition coefficient (Wildman–Crippen LogP) is 6.94. The number of amides is 3. The third kappa shape index (κ3) is 4.67. The third-order valence-corrected chi connectivity index (χ3v) is 6.75. The van der Waals surface area contributed by atoms with Crippen LogP contribution in [0.4, 0.5) is 10.5 Å². The molecule has 36 heavy (non-hydrogen) atoms. The van der Waals surface area contributed by atoms with Crippen LogP contribution >= 0.6 is 27.5 Å². The molecule has 0 aliphatic carbocycles. The Balaban J connectivity index is 1.40. The molecule has 8 heteroatoms. The zero-order valence-electron chi connectivity index (χ0n) is 19.1. The molecular weight excluding hydrogens is 544 g/mol. The summed E-state index contributed by atoms with van der Waals surface area (Å²) in [5.74, 6) is 0.574. The largest absolute Gasteiger partial charge is 0.493 e. The number of halogens is 2. The monoisotopic (exact) mass is 562 g/mol. The Morgan fingerprint density at radius 2 is 1.72 bits per heavy atom. The van der Waals surface area contributed by atoms with Gasteiger partial charge in [0.25, 0.3) is 5.91 Å². The average molecular weight is 564 g/mol. The van der Waals surface area contributed by atoms with Gasteiger partial charge in [0.1, 0.15) is 12.3 Å². The van der Waals surface area contributed by atoms with Crippen molar-refractivity contribution in [3.05, 3.63) is 105 Å². The molecule has 4 aromatic carbocycles. The Labute approximate surface area is 221 Å². The second-order valence-electron chi connectivity index (χ2n) is 8.06. The van der Waals surface area contributed by atoms with E-state index >= 15 is 0 Å². The highest BCUT2D eigenvalue weighted by Crippen LogP contribution is 2.36. The molecule has 1 fully saturated rings. The van der Waals surface area contributed by atoms with Gasteiger partial charge in [-0.2, -0.15) is 0 Å². The number of nitrogens with one attached hydrogen (secondary N) is 1. The number of nitrogens with zero attached hydrogens (tertiary/aromatic N) is 1. The molecule has 0 spiro atoms. The second kappa shape index (κ2) is 10.0.